The quantitative estimate of drug-likeness (QED) is 0.686. The third-order valence-corrected chi connectivity index (χ3v) is 6.23. The van der Waals surface area contributed by atoms with Crippen LogP contribution in [-0.2, 0) is 4.79 Å². The lowest BCUT2D eigenvalue weighted by Gasteiger charge is -2.26. The van der Waals surface area contributed by atoms with Gasteiger partial charge >= 0.3 is 0 Å². The lowest BCUT2D eigenvalue weighted by atomic mass is 9.82. The Morgan fingerprint density at radius 1 is 1.44 bits per heavy atom. The van der Waals surface area contributed by atoms with Gasteiger partial charge in [0, 0.05) is 19.1 Å². The predicted octanol–water partition coefficient (Wildman–Crippen LogP) is 4.96. The van der Waals surface area contributed by atoms with Crippen LogP contribution < -0.4 is 5.32 Å². The molecule has 0 saturated heterocycles. The summed E-state index contributed by atoms with van der Waals surface area (Å²) in [5.74, 6) is 0.190. The highest BCUT2D eigenvalue weighted by atomic mass is 127. The molecule has 1 aromatic carbocycles. The molecule has 0 heterocycles. The number of benzene rings is 1. The van der Waals surface area contributed by atoms with Crippen LogP contribution in [0.1, 0.15) is 39.0 Å². The van der Waals surface area contributed by atoms with Crippen molar-refractivity contribution in [2.24, 2.45) is 5.41 Å². The number of hydrogen-bond acceptors (Lipinski definition) is 1. The van der Waals surface area contributed by atoms with E-state index in [2.05, 4.69) is 50.8 Å². The van der Waals surface area contributed by atoms with Gasteiger partial charge in [0.15, 0.2) is 0 Å². The topological polar surface area (TPSA) is 29.1 Å². The molecule has 1 saturated carbocycles. The maximum atomic E-state index is 12.4. The molecule has 0 radical (unpaired) electrons. The van der Waals surface area contributed by atoms with Gasteiger partial charge in [-0.15, -0.1) is 0 Å². The fourth-order valence-corrected chi connectivity index (χ4v) is 3.34. The standard InChI is InChI=1S/C14H17BrINO/c1-2-14(7-3-4-8-14)13(18)17-10-5-6-12(16)11(15)9-10/h5-6,9H,2-4,7-8H2,1H3,(H,17,18). The Morgan fingerprint density at radius 2 is 2.11 bits per heavy atom. The van der Waals surface area contributed by atoms with Gasteiger partial charge in [-0.1, -0.05) is 19.8 Å². The normalized spacial score (nSPS) is 17.7. The number of carbonyl (C=O) groups is 1. The molecule has 1 N–H and O–H groups in total. The van der Waals surface area contributed by atoms with E-state index < -0.39 is 0 Å². The zero-order valence-corrected chi connectivity index (χ0v) is 14.2. The summed E-state index contributed by atoms with van der Waals surface area (Å²) in [5, 5.41) is 3.07. The highest BCUT2D eigenvalue weighted by Gasteiger charge is 2.39. The largest absolute Gasteiger partial charge is 0.326 e. The molecule has 2 rings (SSSR count). The summed E-state index contributed by atoms with van der Waals surface area (Å²) in [4.78, 5) is 12.4. The second kappa shape index (κ2) is 5.90. The Morgan fingerprint density at radius 3 is 2.67 bits per heavy atom. The number of hydrogen-bond donors (Lipinski definition) is 1. The van der Waals surface area contributed by atoms with E-state index in [-0.39, 0.29) is 11.3 Å². The van der Waals surface area contributed by atoms with Crippen molar-refractivity contribution in [3.8, 4) is 0 Å². The first-order valence-corrected chi connectivity index (χ1v) is 8.21. The first kappa shape index (κ1) is 14.3. The zero-order chi connectivity index (χ0) is 13.2. The van der Waals surface area contributed by atoms with Crippen molar-refractivity contribution < 1.29 is 4.79 Å². The second-order valence-electron chi connectivity index (χ2n) is 4.92. The van der Waals surface area contributed by atoms with Gasteiger partial charge < -0.3 is 5.32 Å². The van der Waals surface area contributed by atoms with Gasteiger partial charge in [-0.3, -0.25) is 4.79 Å². The fraction of sp³-hybridized carbons (Fsp3) is 0.500. The van der Waals surface area contributed by atoms with Gasteiger partial charge in [0.25, 0.3) is 0 Å². The Bertz CT molecular complexity index is 455. The van der Waals surface area contributed by atoms with E-state index in [1.807, 2.05) is 18.2 Å². The highest BCUT2D eigenvalue weighted by Crippen LogP contribution is 2.42. The van der Waals surface area contributed by atoms with Crippen molar-refractivity contribution >= 4 is 50.1 Å². The summed E-state index contributed by atoms with van der Waals surface area (Å²) in [6.07, 6.45) is 5.35. The van der Waals surface area contributed by atoms with E-state index in [9.17, 15) is 4.79 Å². The smallest absolute Gasteiger partial charge is 0.230 e. The number of rotatable bonds is 3. The maximum Gasteiger partial charge on any atom is 0.230 e. The Kier molecular flexibility index (Phi) is 4.69. The highest BCUT2D eigenvalue weighted by molar-refractivity contribution is 14.1. The van der Waals surface area contributed by atoms with Crippen LogP contribution in [0.15, 0.2) is 22.7 Å². The van der Waals surface area contributed by atoms with E-state index in [1.54, 1.807) is 0 Å². The summed E-state index contributed by atoms with van der Waals surface area (Å²) in [6.45, 7) is 2.12. The average Bonchev–Trinajstić information content (AvgIpc) is 2.84. The molecule has 0 bridgehead atoms. The molecule has 0 atom stereocenters. The third kappa shape index (κ3) is 2.90. The molecule has 1 aliphatic rings. The van der Waals surface area contributed by atoms with Gasteiger partial charge in [-0.25, -0.2) is 0 Å². The van der Waals surface area contributed by atoms with E-state index >= 15 is 0 Å². The fourth-order valence-electron chi connectivity index (χ4n) is 2.63. The number of amides is 1. The van der Waals surface area contributed by atoms with Gasteiger partial charge in [0.2, 0.25) is 5.91 Å². The van der Waals surface area contributed by atoms with Crippen LogP contribution in [0.2, 0.25) is 0 Å². The van der Waals surface area contributed by atoms with Crippen LogP contribution in [0.3, 0.4) is 0 Å². The van der Waals surface area contributed by atoms with E-state index in [1.165, 1.54) is 12.8 Å². The minimum absolute atomic E-state index is 0.129. The molecule has 0 spiro atoms. The van der Waals surface area contributed by atoms with Crippen molar-refractivity contribution in [3.63, 3.8) is 0 Å². The van der Waals surface area contributed by atoms with Crippen LogP contribution >= 0.6 is 38.5 Å². The number of anilines is 1. The lowest BCUT2D eigenvalue weighted by molar-refractivity contribution is -0.125. The molecule has 2 nitrogen and oxygen atoms in total. The molecule has 1 amide bonds. The van der Waals surface area contributed by atoms with Crippen molar-refractivity contribution in [2.45, 2.75) is 39.0 Å². The van der Waals surface area contributed by atoms with Crippen molar-refractivity contribution in [1.82, 2.24) is 0 Å². The molecule has 0 unspecified atom stereocenters. The van der Waals surface area contributed by atoms with Crippen molar-refractivity contribution in [1.29, 1.82) is 0 Å². The SMILES string of the molecule is CCC1(C(=O)Nc2ccc(I)c(Br)c2)CCCC1. The molecule has 1 fully saturated rings. The van der Waals surface area contributed by atoms with E-state index in [4.69, 9.17) is 0 Å². The van der Waals surface area contributed by atoms with Crippen molar-refractivity contribution in [3.05, 3.63) is 26.2 Å². The maximum absolute atomic E-state index is 12.4. The van der Waals surface area contributed by atoms with Crippen molar-refractivity contribution in [2.75, 3.05) is 5.32 Å². The third-order valence-electron chi connectivity index (χ3n) is 3.90. The molecule has 98 valence electrons. The Balaban J connectivity index is 2.13. The summed E-state index contributed by atoms with van der Waals surface area (Å²) < 4.78 is 2.18. The monoisotopic (exact) mass is 421 g/mol. The number of carbonyl (C=O) groups excluding carboxylic acids is 1. The molecule has 1 aromatic rings. The first-order valence-electron chi connectivity index (χ1n) is 6.34. The van der Waals surface area contributed by atoms with E-state index in [0.29, 0.717) is 0 Å². The van der Waals surface area contributed by atoms with Crippen LogP contribution in [0.4, 0.5) is 5.69 Å². The zero-order valence-electron chi connectivity index (χ0n) is 10.4. The predicted molar refractivity (Wildman–Crippen MR) is 86.7 cm³/mol. The van der Waals surface area contributed by atoms with Crippen LogP contribution in [0.25, 0.3) is 0 Å². The van der Waals surface area contributed by atoms with Crippen LogP contribution in [-0.4, -0.2) is 5.91 Å². The minimum Gasteiger partial charge on any atom is -0.326 e. The Hall–Kier alpha value is -0.100. The van der Waals surface area contributed by atoms with Crippen LogP contribution in [0.5, 0.6) is 0 Å². The molecule has 0 aliphatic heterocycles. The first-order chi connectivity index (χ1) is 8.57. The average molecular weight is 422 g/mol. The molecule has 4 heteroatoms. The van der Waals surface area contributed by atoms with Crippen LogP contribution in [0, 0.1) is 8.99 Å². The summed E-state index contributed by atoms with van der Waals surface area (Å²) in [7, 11) is 0. The Labute approximate surface area is 130 Å². The molecular formula is C14H17BrINO. The van der Waals surface area contributed by atoms with Gasteiger partial charge in [0.05, 0.1) is 0 Å². The van der Waals surface area contributed by atoms with E-state index in [0.717, 1.165) is 33.0 Å². The molecule has 0 aromatic heterocycles. The number of nitrogens with one attached hydrogen (secondary N) is 1. The molecule has 18 heavy (non-hydrogen) atoms. The van der Waals surface area contributed by atoms with Gasteiger partial charge in [-0.2, -0.15) is 0 Å². The minimum atomic E-state index is -0.129. The van der Waals surface area contributed by atoms with Gasteiger partial charge in [0.1, 0.15) is 0 Å². The second-order valence-corrected chi connectivity index (χ2v) is 6.94. The molecule has 1 aliphatic carbocycles. The van der Waals surface area contributed by atoms with Gasteiger partial charge in [-0.05, 0) is 76.0 Å². The molecular weight excluding hydrogens is 405 g/mol. The lowest BCUT2D eigenvalue weighted by Crippen LogP contribution is -2.33. The number of halogens is 2. The summed E-state index contributed by atoms with van der Waals surface area (Å²) >= 11 is 5.75. The summed E-state index contributed by atoms with van der Waals surface area (Å²) in [5.41, 5.74) is 0.752. The summed E-state index contributed by atoms with van der Waals surface area (Å²) in [6, 6.07) is 5.94.